The molecule has 1 heterocycles. The highest BCUT2D eigenvalue weighted by Gasteiger charge is 2.22. The van der Waals surface area contributed by atoms with Crippen molar-refractivity contribution in [3.63, 3.8) is 0 Å². The summed E-state index contributed by atoms with van der Waals surface area (Å²) in [5.41, 5.74) is 3.05. The summed E-state index contributed by atoms with van der Waals surface area (Å²) < 4.78 is 16.5. The minimum Gasteiger partial charge on any atom is -0.496 e. The zero-order valence-corrected chi connectivity index (χ0v) is 22.0. The highest BCUT2D eigenvalue weighted by atomic mass is 35.5. The zero-order chi connectivity index (χ0) is 22.5. The summed E-state index contributed by atoms with van der Waals surface area (Å²) >= 11 is 6.12. The van der Waals surface area contributed by atoms with Gasteiger partial charge in [-0.3, -0.25) is 4.98 Å². The largest absolute Gasteiger partial charge is 0.496 e. The van der Waals surface area contributed by atoms with E-state index in [0.717, 1.165) is 65.1 Å². The van der Waals surface area contributed by atoms with E-state index < -0.39 is 0 Å². The van der Waals surface area contributed by atoms with Gasteiger partial charge in [-0.2, -0.15) is 0 Å². The van der Waals surface area contributed by atoms with Crippen LogP contribution in [0.5, 0.6) is 17.2 Å². The van der Waals surface area contributed by atoms with Gasteiger partial charge in [-0.15, -0.1) is 24.8 Å². The van der Waals surface area contributed by atoms with Crippen LogP contribution in [-0.2, 0) is 6.54 Å². The van der Waals surface area contributed by atoms with Gasteiger partial charge in [-0.1, -0.05) is 11.6 Å². The third-order valence-corrected chi connectivity index (χ3v) is 6.41. The van der Waals surface area contributed by atoms with Crippen LogP contribution >= 0.6 is 36.4 Å². The number of hydrogen-bond acceptors (Lipinski definition) is 6. The number of aromatic nitrogens is 1. The van der Waals surface area contributed by atoms with Gasteiger partial charge in [-0.25, -0.2) is 0 Å². The lowest BCUT2D eigenvalue weighted by Gasteiger charge is -2.31. The van der Waals surface area contributed by atoms with Crippen LogP contribution < -0.4 is 24.8 Å². The van der Waals surface area contributed by atoms with Crippen LogP contribution in [0.3, 0.4) is 0 Å². The van der Waals surface area contributed by atoms with Crippen LogP contribution in [0, 0.1) is 0 Å². The maximum absolute atomic E-state index is 6.12. The van der Waals surface area contributed by atoms with Gasteiger partial charge in [0.15, 0.2) is 0 Å². The number of nitrogens with zero attached hydrogens (tertiary/aromatic N) is 1. The van der Waals surface area contributed by atoms with Crippen LogP contribution in [0.15, 0.2) is 42.6 Å². The molecule has 2 aromatic carbocycles. The molecule has 0 radical (unpaired) electrons. The van der Waals surface area contributed by atoms with Gasteiger partial charge in [0.1, 0.15) is 17.2 Å². The zero-order valence-electron chi connectivity index (χ0n) is 19.6. The first kappa shape index (κ1) is 28.1. The lowest BCUT2D eigenvalue weighted by Crippen LogP contribution is -2.36. The predicted molar refractivity (Wildman–Crippen MR) is 144 cm³/mol. The van der Waals surface area contributed by atoms with E-state index in [-0.39, 0.29) is 24.8 Å². The Hall–Kier alpha value is -2.12. The molecule has 9 heteroatoms. The molecule has 0 atom stereocenters. The number of benzene rings is 2. The van der Waals surface area contributed by atoms with E-state index in [9.17, 15) is 0 Å². The molecule has 0 spiro atoms. The number of ether oxygens (including phenoxy) is 3. The molecule has 186 valence electrons. The second kappa shape index (κ2) is 13.1. The molecule has 3 aromatic rings. The third kappa shape index (κ3) is 6.51. The average Bonchev–Trinajstić information content (AvgIpc) is 2.83. The van der Waals surface area contributed by atoms with E-state index >= 15 is 0 Å². The van der Waals surface area contributed by atoms with Crippen molar-refractivity contribution >= 4 is 53.0 Å². The van der Waals surface area contributed by atoms with Crippen LogP contribution in [0.4, 0.5) is 5.69 Å². The number of hydrogen-bond donors (Lipinski definition) is 2. The Kier molecular flexibility index (Phi) is 10.8. The van der Waals surface area contributed by atoms with Gasteiger partial charge in [0.2, 0.25) is 0 Å². The lowest BCUT2D eigenvalue weighted by atomic mass is 9.90. The topological polar surface area (TPSA) is 64.6 Å². The van der Waals surface area contributed by atoms with Gasteiger partial charge in [-0.05, 0) is 49.9 Å². The number of nitrogens with one attached hydrogen (secondary N) is 2. The molecular weight excluding hydrogens is 497 g/mol. The van der Waals surface area contributed by atoms with Crippen molar-refractivity contribution in [2.75, 3.05) is 26.6 Å². The van der Waals surface area contributed by atoms with Crippen LogP contribution in [0.1, 0.15) is 31.2 Å². The molecule has 0 aliphatic heterocycles. The van der Waals surface area contributed by atoms with Gasteiger partial charge >= 0.3 is 0 Å². The fourth-order valence-electron chi connectivity index (χ4n) is 4.41. The van der Waals surface area contributed by atoms with Gasteiger partial charge in [0, 0.05) is 53.1 Å². The molecule has 1 aromatic heterocycles. The number of fused-ring (bicyclic) bond motifs is 1. The fraction of sp³-hybridized carbons (Fsp3) is 0.400. The summed E-state index contributed by atoms with van der Waals surface area (Å²) in [5.74, 6) is 2.27. The summed E-state index contributed by atoms with van der Waals surface area (Å²) in [5, 5.41) is 9.23. The maximum Gasteiger partial charge on any atom is 0.130 e. The first-order valence-electron chi connectivity index (χ1n) is 10.9. The SMILES string of the molecule is COc1cc(OC)c(CNC2CCC(Nc3ccnc4cc(Cl)ccc34)CC2)c(OC)c1.Cl.Cl. The van der Waals surface area contributed by atoms with Crippen molar-refractivity contribution in [3.05, 3.63) is 53.2 Å². The Morgan fingerprint density at radius 2 is 1.53 bits per heavy atom. The van der Waals surface area contributed by atoms with Gasteiger partial charge < -0.3 is 24.8 Å². The second-order valence-electron chi connectivity index (χ2n) is 8.10. The van der Waals surface area contributed by atoms with Gasteiger partial charge in [0.05, 0.1) is 32.4 Å². The van der Waals surface area contributed by atoms with Crippen LogP contribution in [0.25, 0.3) is 10.9 Å². The second-order valence-corrected chi connectivity index (χ2v) is 8.54. The number of methoxy groups -OCH3 is 3. The Morgan fingerprint density at radius 1 is 0.882 bits per heavy atom. The first-order valence-corrected chi connectivity index (χ1v) is 11.3. The molecule has 1 fully saturated rings. The molecule has 0 unspecified atom stereocenters. The summed E-state index contributed by atoms with van der Waals surface area (Å²) in [4.78, 5) is 4.44. The fourth-order valence-corrected chi connectivity index (χ4v) is 4.57. The Labute approximate surface area is 218 Å². The molecule has 6 nitrogen and oxygen atoms in total. The van der Waals surface area contributed by atoms with Crippen molar-refractivity contribution < 1.29 is 14.2 Å². The Balaban J connectivity index is 0.00000204. The summed E-state index contributed by atoms with van der Waals surface area (Å²) in [6.45, 7) is 0.689. The Bertz CT molecular complexity index is 1050. The molecule has 1 aliphatic rings. The summed E-state index contributed by atoms with van der Waals surface area (Å²) in [7, 11) is 4.99. The minimum absolute atomic E-state index is 0. The van der Waals surface area contributed by atoms with E-state index in [2.05, 4.69) is 15.6 Å². The molecule has 1 aliphatic carbocycles. The lowest BCUT2D eigenvalue weighted by molar-refractivity contribution is 0.339. The van der Waals surface area contributed by atoms with E-state index in [4.69, 9.17) is 25.8 Å². The smallest absolute Gasteiger partial charge is 0.130 e. The highest BCUT2D eigenvalue weighted by molar-refractivity contribution is 6.31. The minimum atomic E-state index is 0. The van der Waals surface area contributed by atoms with E-state index in [1.807, 2.05) is 42.6 Å². The molecule has 0 bridgehead atoms. The molecule has 4 rings (SSSR count). The average molecular weight is 529 g/mol. The molecular formula is C25H32Cl3N3O3. The monoisotopic (exact) mass is 527 g/mol. The number of anilines is 1. The van der Waals surface area contributed by atoms with Crippen LogP contribution in [-0.4, -0.2) is 38.4 Å². The highest BCUT2D eigenvalue weighted by Crippen LogP contribution is 2.34. The van der Waals surface area contributed by atoms with Crippen LogP contribution in [0.2, 0.25) is 5.02 Å². The summed E-state index contributed by atoms with van der Waals surface area (Å²) in [6, 6.07) is 12.6. The van der Waals surface area contributed by atoms with Crippen molar-refractivity contribution in [2.45, 2.75) is 44.3 Å². The van der Waals surface area contributed by atoms with Crippen molar-refractivity contribution in [3.8, 4) is 17.2 Å². The third-order valence-electron chi connectivity index (χ3n) is 6.18. The molecule has 0 saturated heterocycles. The Morgan fingerprint density at radius 3 is 2.15 bits per heavy atom. The van der Waals surface area contributed by atoms with Crippen molar-refractivity contribution in [1.82, 2.24) is 10.3 Å². The van der Waals surface area contributed by atoms with Gasteiger partial charge in [0.25, 0.3) is 0 Å². The molecule has 1 saturated carbocycles. The standard InChI is InChI=1S/C25H30ClN3O3.2ClH/c1-30-19-13-24(31-2)21(25(14-19)32-3)15-28-17-5-7-18(8-6-17)29-22-10-11-27-23-12-16(26)4-9-20(22)23;;/h4,9-14,17-18,28H,5-8,15H2,1-3H3,(H,27,29);2*1H. The molecule has 2 N–H and O–H groups in total. The van der Waals surface area contributed by atoms with Crippen molar-refractivity contribution in [2.24, 2.45) is 0 Å². The first-order chi connectivity index (χ1) is 15.6. The summed E-state index contributed by atoms with van der Waals surface area (Å²) in [6.07, 6.45) is 6.25. The maximum atomic E-state index is 6.12. The number of rotatable bonds is 8. The number of halogens is 3. The van der Waals surface area contributed by atoms with E-state index in [1.165, 1.54) is 0 Å². The molecule has 34 heavy (non-hydrogen) atoms. The van der Waals surface area contributed by atoms with E-state index in [0.29, 0.717) is 23.7 Å². The van der Waals surface area contributed by atoms with E-state index in [1.54, 1.807) is 21.3 Å². The quantitative estimate of drug-likeness (QED) is 0.359. The molecule has 0 amide bonds. The number of pyridine rings is 1. The normalized spacial score (nSPS) is 17.3. The van der Waals surface area contributed by atoms with Crippen molar-refractivity contribution in [1.29, 1.82) is 0 Å². The predicted octanol–water partition coefficient (Wildman–Crippen LogP) is 6.27.